The summed E-state index contributed by atoms with van der Waals surface area (Å²) in [7, 11) is 1.73. The number of carbonyl (C=O) groups is 1. The lowest BCUT2D eigenvalue weighted by molar-refractivity contribution is -0.336. The number of fused-ring (bicyclic) bond motifs is 7. The van der Waals surface area contributed by atoms with Gasteiger partial charge in [-0.05, 0) is 135 Å². The van der Waals surface area contributed by atoms with E-state index < -0.39 is 39.5 Å². The Balaban J connectivity index is 1.16. The van der Waals surface area contributed by atoms with Crippen molar-refractivity contribution in [3.8, 4) is 0 Å². The van der Waals surface area contributed by atoms with E-state index in [4.69, 9.17) is 9.47 Å². The standard InChI is InChI=1S/C51H80O7/c1-35-49-23-20-39-46(4)27-26-44(2)24-25-45(3,43(54)55)32-40(44)48(46,22-12-8-11-15-36-13-9-7-10-14-36)29-28-47(39,5)50(49,34-52)41(53)33-51(35,56)58-42(49)31-38-18-16-37(17-19-38)21-30-57-6/h16-19,35-36,39-42,52-53,56H,7-15,20-34H2,1-6H3,(H,54,55)/t35-,39-,40-,41+,42-,44-,45-,46-,47-,48+,49-,50+,51+/m1/s1. The lowest BCUT2D eigenvalue weighted by Crippen LogP contribution is -2.77. The van der Waals surface area contributed by atoms with Crippen LogP contribution in [0.3, 0.4) is 0 Å². The fourth-order valence-electron chi connectivity index (χ4n) is 17.3. The van der Waals surface area contributed by atoms with Gasteiger partial charge in [0.15, 0.2) is 5.79 Å². The zero-order valence-electron chi connectivity index (χ0n) is 37.3. The number of carboxylic acids is 1. The van der Waals surface area contributed by atoms with E-state index in [9.17, 15) is 25.2 Å². The molecule has 0 amide bonds. The summed E-state index contributed by atoms with van der Waals surface area (Å²) < 4.78 is 12.2. The normalized spacial score (nSPS) is 47.4. The quantitative estimate of drug-likeness (QED) is 0.147. The molecule has 7 nitrogen and oxygen atoms in total. The fraction of sp³-hybridized carbons (Fsp3) is 0.863. The van der Waals surface area contributed by atoms with Gasteiger partial charge in [0.1, 0.15) is 0 Å². The molecule has 326 valence electrons. The van der Waals surface area contributed by atoms with Crippen LogP contribution in [0.4, 0.5) is 0 Å². The largest absolute Gasteiger partial charge is 0.481 e. The fourth-order valence-corrected chi connectivity index (χ4v) is 17.3. The topological polar surface area (TPSA) is 116 Å². The molecular formula is C51H80O7. The van der Waals surface area contributed by atoms with Gasteiger partial charge in [0, 0.05) is 30.3 Å². The highest BCUT2D eigenvalue weighted by Gasteiger charge is 2.83. The molecule has 1 aromatic carbocycles. The van der Waals surface area contributed by atoms with Crippen molar-refractivity contribution in [3.05, 3.63) is 35.4 Å². The van der Waals surface area contributed by atoms with E-state index in [0.29, 0.717) is 18.9 Å². The van der Waals surface area contributed by atoms with Crippen molar-refractivity contribution in [3.63, 3.8) is 0 Å². The van der Waals surface area contributed by atoms with Crippen LogP contribution in [-0.4, -0.2) is 64.7 Å². The van der Waals surface area contributed by atoms with E-state index >= 15 is 0 Å². The second-order valence-corrected chi connectivity index (χ2v) is 22.8. The molecule has 1 aliphatic heterocycles. The molecule has 2 bridgehead atoms. The van der Waals surface area contributed by atoms with Crippen LogP contribution in [0, 0.1) is 61.6 Å². The summed E-state index contributed by atoms with van der Waals surface area (Å²) in [4.78, 5) is 13.1. The van der Waals surface area contributed by atoms with Gasteiger partial charge in [-0.2, -0.15) is 0 Å². The number of aliphatic carboxylic acids is 1. The third-order valence-corrected chi connectivity index (χ3v) is 20.8. The highest BCUT2D eigenvalue weighted by Crippen LogP contribution is 2.84. The van der Waals surface area contributed by atoms with Gasteiger partial charge < -0.3 is 29.9 Å². The molecule has 0 unspecified atom stereocenters. The molecule has 58 heavy (non-hydrogen) atoms. The summed E-state index contributed by atoms with van der Waals surface area (Å²) in [6, 6.07) is 8.72. The predicted octanol–water partition coefficient (Wildman–Crippen LogP) is 10.3. The van der Waals surface area contributed by atoms with Crippen molar-refractivity contribution >= 4 is 5.97 Å². The van der Waals surface area contributed by atoms with Gasteiger partial charge in [-0.3, -0.25) is 4.79 Å². The minimum atomic E-state index is -1.44. The SMILES string of the molecule is COCCc1ccc(C[C@H]2O[C@@]3(O)C[C@H](O)[C@]4(CO)[C@]2(CC[C@@H]2[C@@]5(C)CC[C@@]6(C)CC[C@@](C)(C(=O)O)C[C@H]6[C@]5(CCCCCC5CCCCC5)CC[C@]24C)[C@H]3C)cc1. The predicted molar refractivity (Wildman–Crippen MR) is 228 cm³/mol. The second-order valence-electron chi connectivity index (χ2n) is 22.8. The summed E-state index contributed by atoms with van der Waals surface area (Å²) in [5.74, 6) is -0.840. The number of aliphatic hydroxyl groups is 3. The Morgan fingerprint density at radius 2 is 1.52 bits per heavy atom. The maximum absolute atomic E-state index is 13.1. The minimum absolute atomic E-state index is 0.00456. The van der Waals surface area contributed by atoms with Crippen LogP contribution < -0.4 is 0 Å². The first-order valence-electron chi connectivity index (χ1n) is 24.0. The molecule has 7 aliphatic rings. The van der Waals surface area contributed by atoms with Gasteiger partial charge in [0.05, 0.1) is 30.8 Å². The monoisotopic (exact) mass is 805 g/mol. The number of ether oxygens (including phenoxy) is 2. The maximum Gasteiger partial charge on any atom is 0.309 e. The van der Waals surface area contributed by atoms with E-state index in [1.54, 1.807) is 7.11 Å². The van der Waals surface area contributed by atoms with Gasteiger partial charge >= 0.3 is 5.97 Å². The van der Waals surface area contributed by atoms with E-state index in [-0.39, 0.29) is 47.2 Å². The molecule has 7 fully saturated rings. The molecule has 0 aromatic heterocycles. The van der Waals surface area contributed by atoms with Crippen molar-refractivity contribution in [1.29, 1.82) is 0 Å². The number of benzene rings is 1. The maximum atomic E-state index is 13.1. The Morgan fingerprint density at radius 3 is 2.21 bits per heavy atom. The Kier molecular flexibility index (Phi) is 11.4. The van der Waals surface area contributed by atoms with Crippen LogP contribution in [0.5, 0.6) is 0 Å². The summed E-state index contributed by atoms with van der Waals surface area (Å²) in [6.45, 7) is 12.3. The number of hydrogen-bond donors (Lipinski definition) is 4. The van der Waals surface area contributed by atoms with Crippen LogP contribution in [0.15, 0.2) is 24.3 Å². The molecule has 1 spiro atoms. The third kappa shape index (κ3) is 6.13. The van der Waals surface area contributed by atoms with Gasteiger partial charge in [0.25, 0.3) is 0 Å². The smallest absolute Gasteiger partial charge is 0.309 e. The zero-order chi connectivity index (χ0) is 41.4. The highest BCUT2D eigenvalue weighted by atomic mass is 16.6. The first kappa shape index (κ1) is 43.2. The van der Waals surface area contributed by atoms with Crippen molar-refractivity contribution in [2.24, 2.45) is 61.6 Å². The molecular weight excluding hydrogens is 725 g/mol. The number of aliphatic hydroxyl groups excluding tert-OH is 2. The number of carboxylic acid groups (broad SMARTS) is 1. The first-order chi connectivity index (χ1) is 27.5. The van der Waals surface area contributed by atoms with E-state index in [2.05, 4.69) is 52.0 Å². The van der Waals surface area contributed by atoms with Gasteiger partial charge in [-0.1, -0.05) is 110 Å². The lowest BCUT2D eigenvalue weighted by Gasteiger charge is -2.78. The Hall–Kier alpha value is -1.51. The second kappa shape index (κ2) is 15.4. The lowest BCUT2D eigenvalue weighted by atomic mass is 9.25. The molecule has 6 saturated carbocycles. The Morgan fingerprint density at radius 1 is 0.828 bits per heavy atom. The average molecular weight is 805 g/mol. The van der Waals surface area contributed by atoms with Crippen LogP contribution in [0.2, 0.25) is 0 Å². The number of rotatable bonds is 13. The summed E-state index contributed by atoms with van der Waals surface area (Å²) in [6.07, 6.45) is 22.0. The molecule has 1 aromatic rings. The van der Waals surface area contributed by atoms with Crippen molar-refractivity contribution < 1.29 is 34.7 Å². The van der Waals surface area contributed by atoms with E-state index in [1.807, 2.05) is 6.92 Å². The van der Waals surface area contributed by atoms with Crippen molar-refractivity contribution in [1.82, 2.24) is 0 Å². The van der Waals surface area contributed by atoms with E-state index in [1.165, 1.54) is 63.4 Å². The number of methoxy groups -OCH3 is 1. The molecule has 0 radical (unpaired) electrons. The molecule has 7 heteroatoms. The molecule has 1 heterocycles. The molecule has 1 saturated heterocycles. The van der Waals surface area contributed by atoms with Crippen molar-refractivity contribution in [2.75, 3.05) is 20.3 Å². The molecule has 4 N–H and O–H groups in total. The van der Waals surface area contributed by atoms with Crippen LogP contribution >= 0.6 is 0 Å². The van der Waals surface area contributed by atoms with E-state index in [0.717, 1.165) is 82.1 Å². The average Bonchev–Trinajstić information content (AvgIpc) is 3.34. The zero-order valence-corrected chi connectivity index (χ0v) is 37.3. The minimum Gasteiger partial charge on any atom is -0.481 e. The number of unbranched alkanes of at least 4 members (excludes halogenated alkanes) is 2. The first-order valence-corrected chi connectivity index (χ1v) is 24.0. The summed E-state index contributed by atoms with van der Waals surface area (Å²) >= 11 is 0. The number of hydrogen-bond acceptors (Lipinski definition) is 6. The Bertz CT molecular complexity index is 1640. The van der Waals surface area contributed by atoms with Crippen molar-refractivity contribution in [2.45, 2.75) is 194 Å². The highest BCUT2D eigenvalue weighted by molar-refractivity contribution is 5.74. The van der Waals surface area contributed by atoms with Gasteiger partial charge in [-0.15, -0.1) is 0 Å². The van der Waals surface area contributed by atoms with Crippen LogP contribution in [-0.2, 0) is 27.1 Å². The Labute approximate surface area is 350 Å². The summed E-state index contributed by atoms with van der Waals surface area (Å²) in [5, 5.41) is 48.0. The third-order valence-electron chi connectivity index (χ3n) is 20.8. The summed E-state index contributed by atoms with van der Waals surface area (Å²) in [5.41, 5.74) is -0.157. The van der Waals surface area contributed by atoms with Gasteiger partial charge in [-0.25, -0.2) is 0 Å². The molecule has 6 aliphatic carbocycles. The molecule has 13 atom stereocenters. The van der Waals surface area contributed by atoms with Gasteiger partial charge in [0.2, 0.25) is 0 Å². The van der Waals surface area contributed by atoms with Crippen LogP contribution in [0.1, 0.15) is 174 Å². The molecule has 8 rings (SSSR count). The van der Waals surface area contributed by atoms with Crippen LogP contribution in [0.25, 0.3) is 0 Å².